The lowest BCUT2D eigenvalue weighted by molar-refractivity contribution is -0.121. The number of furan rings is 1. The number of amides is 1. The molecule has 1 aliphatic heterocycles. The van der Waals surface area contributed by atoms with Crippen molar-refractivity contribution in [3.05, 3.63) is 24.2 Å². The molecule has 21 heavy (non-hydrogen) atoms. The van der Waals surface area contributed by atoms with E-state index >= 15 is 0 Å². The van der Waals surface area contributed by atoms with E-state index in [0.29, 0.717) is 18.9 Å². The summed E-state index contributed by atoms with van der Waals surface area (Å²) in [7, 11) is 3.99. The van der Waals surface area contributed by atoms with Crippen molar-refractivity contribution in [2.75, 3.05) is 33.7 Å². The van der Waals surface area contributed by atoms with Crippen LogP contribution in [0.4, 0.5) is 0 Å². The SMILES string of the molecule is CN(C)C(CNC(=O)CCC1CCNCC1)c1ccco1. The summed E-state index contributed by atoms with van der Waals surface area (Å²) < 4.78 is 5.44. The predicted octanol–water partition coefficient (Wildman–Crippen LogP) is 1.78. The summed E-state index contributed by atoms with van der Waals surface area (Å²) in [5.41, 5.74) is 0. The Bertz CT molecular complexity index is 411. The van der Waals surface area contributed by atoms with Crippen molar-refractivity contribution in [3.63, 3.8) is 0 Å². The highest BCUT2D eigenvalue weighted by Crippen LogP contribution is 2.19. The molecule has 0 saturated carbocycles. The highest BCUT2D eigenvalue weighted by molar-refractivity contribution is 5.75. The quantitative estimate of drug-likeness (QED) is 0.804. The van der Waals surface area contributed by atoms with E-state index in [2.05, 4.69) is 15.5 Å². The molecule has 0 aliphatic carbocycles. The van der Waals surface area contributed by atoms with Gasteiger partial charge in [0.15, 0.2) is 0 Å². The molecule has 1 aromatic rings. The molecule has 0 bridgehead atoms. The number of piperidine rings is 1. The third-order valence-corrected chi connectivity index (χ3v) is 4.23. The van der Waals surface area contributed by atoms with Gasteiger partial charge in [-0.1, -0.05) is 0 Å². The lowest BCUT2D eigenvalue weighted by atomic mass is 9.93. The van der Waals surface area contributed by atoms with Crippen LogP contribution in [0.25, 0.3) is 0 Å². The number of nitrogens with one attached hydrogen (secondary N) is 2. The first-order valence-electron chi connectivity index (χ1n) is 7.84. The molecule has 5 heteroatoms. The van der Waals surface area contributed by atoms with Crippen LogP contribution < -0.4 is 10.6 Å². The fraction of sp³-hybridized carbons (Fsp3) is 0.688. The number of carbonyl (C=O) groups excluding carboxylic acids is 1. The zero-order chi connectivity index (χ0) is 15.1. The Morgan fingerprint density at radius 2 is 2.24 bits per heavy atom. The third-order valence-electron chi connectivity index (χ3n) is 4.23. The molecule has 5 nitrogen and oxygen atoms in total. The Balaban J connectivity index is 1.71. The second kappa shape index (κ2) is 8.20. The van der Waals surface area contributed by atoms with Crippen LogP contribution in [0.5, 0.6) is 0 Å². The highest BCUT2D eigenvalue weighted by Gasteiger charge is 2.19. The zero-order valence-electron chi connectivity index (χ0n) is 13.1. The molecule has 1 unspecified atom stereocenters. The largest absolute Gasteiger partial charge is 0.468 e. The minimum absolute atomic E-state index is 0.0860. The molecule has 1 saturated heterocycles. The molecular formula is C16H27N3O2. The summed E-state index contributed by atoms with van der Waals surface area (Å²) in [6, 6.07) is 3.92. The van der Waals surface area contributed by atoms with E-state index in [1.54, 1.807) is 6.26 Å². The van der Waals surface area contributed by atoms with Crippen molar-refractivity contribution in [2.45, 2.75) is 31.7 Å². The van der Waals surface area contributed by atoms with E-state index in [9.17, 15) is 4.79 Å². The van der Waals surface area contributed by atoms with Gasteiger partial charge in [-0.3, -0.25) is 9.69 Å². The molecular weight excluding hydrogens is 266 g/mol. The number of likely N-dealkylation sites (N-methyl/N-ethyl adjacent to an activating group) is 1. The molecule has 1 amide bonds. The number of hydrogen-bond acceptors (Lipinski definition) is 4. The van der Waals surface area contributed by atoms with Crippen molar-refractivity contribution >= 4 is 5.91 Å². The van der Waals surface area contributed by atoms with Crippen molar-refractivity contribution in [2.24, 2.45) is 5.92 Å². The van der Waals surface area contributed by atoms with Crippen LogP contribution in [0.3, 0.4) is 0 Å². The van der Waals surface area contributed by atoms with Crippen LogP contribution >= 0.6 is 0 Å². The molecule has 118 valence electrons. The molecule has 0 aromatic carbocycles. The fourth-order valence-corrected chi connectivity index (χ4v) is 2.82. The fourth-order valence-electron chi connectivity index (χ4n) is 2.82. The van der Waals surface area contributed by atoms with Crippen molar-refractivity contribution < 1.29 is 9.21 Å². The summed E-state index contributed by atoms with van der Waals surface area (Å²) in [5, 5.41) is 6.39. The maximum absolute atomic E-state index is 12.0. The van der Waals surface area contributed by atoms with Gasteiger partial charge in [0.05, 0.1) is 12.3 Å². The van der Waals surface area contributed by atoms with Crippen molar-refractivity contribution in [3.8, 4) is 0 Å². The first-order valence-corrected chi connectivity index (χ1v) is 7.84. The van der Waals surface area contributed by atoms with E-state index in [1.807, 2.05) is 26.2 Å². The Labute approximate surface area is 127 Å². The zero-order valence-corrected chi connectivity index (χ0v) is 13.1. The normalized spacial score (nSPS) is 17.9. The Kier molecular flexibility index (Phi) is 6.26. The van der Waals surface area contributed by atoms with Gasteiger partial charge in [0.1, 0.15) is 5.76 Å². The topological polar surface area (TPSA) is 57.5 Å². The van der Waals surface area contributed by atoms with Gasteiger partial charge in [-0.25, -0.2) is 0 Å². The van der Waals surface area contributed by atoms with Crippen molar-refractivity contribution in [1.29, 1.82) is 0 Å². The molecule has 1 aromatic heterocycles. The first kappa shape index (κ1) is 16.0. The molecule has 2 heterocycles. The van der Waals surface area contributed by atoms with Gasteiger partial charge in [0.2, 0.25) is 5.91 Å². The van der Waals surface area contributed by atoms with E-state index in [1.165, 1.54) is 12.8 Å². The maximum atomic E-state index is 12.0. The number of carbonyl (C=O) groups is 1. The van der Waals surface area contributed by atoms with Crippen LogP contribution in [0.2, 0.25) is 0 Å². The van der Waals surface area contributed by atoms with Gasteiger partial charge < -0.3 is 15.1 Å². The van der Waals surface area contributed by atoms with Gasteiger partial charge in [0, 0.05) is 13.0 Å². The summed E-state index contributed by atoms with van der Waals surface area (Å²) in [6.07, 6.45) is 5.69. The standard InChI is InChI=1S/C16H27N3O2/c1-19(2)14(15-4-3-11-21-15)12-18-16(20)6-5-13-7-9-17-10-8-13/h3-4,11,13-14,17H,5-10,12H2,1-2H3,(H,18,20). The molecule has 2 N–H and O–H groups in total. The van der Waals surface area contributed by atoms with Crippen LogP contribution in [0.1, 0.15) is 37.5 Å². The Morgan fingerprint density at radius 1 is 1.48 bits per heavy atom. The van der Waals surface area contributed by atoms with E-state index < -0.39 is 0 Å². The monoisotopic (exact) mass is 293 g/mol. The Hall–Kier alpha value is -1.33. The average molecular weight is 293 g/mol. The number of nitrogens with zero attached hydrogens (tertiary/aromatic N) is 1. The van der Waals surface area contributed by atoms with Gasteiger partial charge in [-0.15, -0.1) is 0 Å². The minimum atomic E-state index is 0.0860. The van der Waals surface area contributed by atoms with E-state index in [4.69, 9.17) is 4.42 Å². The van der Waals surface area contributed by atoms with Crippen LogP contribution in [-0.4, -0.2) is 44.5 Å². The number of hydrogen-bond donors (Lipinski definition) is 2. The molecule has 0 radical (unpaired) electrons. The predicted molar refractivity (Wildman–Crippen MR) is 83.0 cm³/mol. The lowest BCUT2D eigenvalue weighted by Crippen LogP contribution is -2.35. The minimum Gasteiger partial charge on any atom is -0.468 e. The van der Waals surface area contributed by atoms with Gasteiger partial charge in [-0.05, 0) is 64.5 Å². The molecule has 0 spiro atoms. The lowest BCUT2D eigenvalue weighted by Gasteiger charge is -2.24. The van der Waals surface area contributed by atoms with Gasteiger partial charge in [-0.2, -0.15) is 0 Å². The maximum Gasteiger partial charge on any atom is 0.220 e. The van der Waals surface area contributed by atoms with Gasteiger partial charge in [0.25, 0.3) is 0 Å². The Morgan fingerprint density at radius 3 is 2.86 bits per heavy atom. The molecule has 2 rings (SSSR count). The summed E-state index contributed by atoms with van der Waals surface area (Å²) in [6.45, 7) is 2.77. The van der Waals surface area contributed by atoms with Crippen LogP contribution in [0, 0.1) is 5.92 Å². The average Bonchev–Trinajstić information content (AvgIpc) is 3.00. The van der Waals surface area contributed by atoms with Crippen LogP contribution in [-0.2, 0) is 4.79 Å². The van der Waals surface area contributed by atoms with Crippen molar-refractivity contribution in [1.82, 2.24) is 15.5 Å². The summed E-state index contributed by atoms with van der Waals surface area (Å²) in [5.74, 6) is 1.73. The summed E-state index contributed by atoms with van der Waals surface area (Å²) in [4.78, 5) is 14.1. The molecule has 1 fully saturated rings. The summed E-state index contributed by atoms with van der Waals surface area (Å²) >= 11 is 0. The van der Waals surface area contributed by atoms with E-state index in [0.717, 1.165) is 25.3 Å². The third kappa shape index (κ3) is 5.17. The second-order valence-corrected chi connectivity index (χ2v) is 6.03. The van der Waals surface area contributed by atoms with Crippen LogP contribution in [0.15, 0.2) is 22.8 Å². The first-order chi connectivity index (χ1) is 10.2. The molecule has 1 aliphatic rings. The molecule has 1 atom stereocenters. The van der Waals surface area contributed by atoms with Gasteiger partial charge >= 0.3 is 0 Å². The highest BCUT2D eigenvalue weighted by atomic mass is 16.3. The smallest absolute Gasteiger partial charge is 0.220 e. The number of rotatable bonds is 7. The second-order valence-electron chi connectivity index (χ2n) is 6.03. The van der Waals surface area contributed by atoms with E-state index in [-0.39, 0.29) is 11.9 Å².